The molecular formula is C23H28N6O. The highest BCUT2D eigenvalue weighted by Crippen LogP contribution is 2.29. The number of piperazine rings is 1. The van der Waals surface area contributed by atoms with Crippen LogP contribution >= 0.6 is 0 Å². The number of aromatic nitrogens is 3. The Hall–Kier alpha value is -2.93. The standard InChI is InChI=1S/C23H28N6O/c30-22-5-1-2-8-28(22)16-13-26-11-14-27(15-12-26)19-6-7-21-20(17-19)23(25-18-24-21)29-9-3-4-10-29/h1-2,5-8,17-18H,3-4,9-16H2. The van der Waals surface area contributed by atoms with Crippen LogP contribution in [0, 0.1) is 0 Å². The molecule has 0 spiro atoms. The summed E-state index contributed by atoms with van der Waals surface area (Å²) in [6.45, 7) is 7.80. The van der Waals surface area contributed by atoms with Crippen LogP contribution in [0.3, 0.4) is 0 Å². The van der Waals surface area contributed by atoms with E-state index in [4.69, 9.17) is 0 Å². The van der Waals surface area contributed by atoms with Crippen molar-refractivity contribution in [1.82, 2.24) is 19.4 Å². The van der Waals surface area contributed by atoms with Crippen LogP contribution in [-0.4, -0.2) is 65.2 Å². The molecule has 0 saturated carbocycles. The van der Waals surface area contributed by atoms with Gasteiger partial charge in [0.05, 0.1) is 5.52 Å². The lowest BCUT2D eigenvalue weighted by molar-refractivity contribution is 0.247. The zero-order valence-electron chi connectivity index (χ0n) is 17.3. The smallest absolute Gasteiger partial charge is 0.250 e. The average Bonchev–Trinajstić information content (AvgIpc) is 3.33. The molecule has 7 heteroatoms. The van der Waals surface area contributed by atoms with Gasteiger partial charge in [-0.1, -0.05) is 6.07 Å². The van der Waals surface area contributed by atoms with Crippen LogP contribution in [0.5, 0.6) is 0 Å². The van der Waals surface area contributed by atoms with E-state index < -0.39 is 0 Å². The molecule has 0 N–H and O–H groups in total. The minimum Gasteiger partial charge on any atom is -0.369 e. The molecule has 0 aliphatic carbocycles. The van der Waals surface area contributed by atoms with Gasteiger partial charge in [-0.15, -0.1) is 0 Å². The highest BCUT2D eigenvalue weighted by molar-refractivity contribution is 5.92. The molecule has 3 aromatic rings. The number of pyridine rings is 1. The number of benzene rings is 1. The van der Waals surface area contributed by atoms with E-state index in [0.29, 0.717) is 0 Å². The first-order valence-electron chi connectivity index (χ1n) is 10.9. The zero-order valence-corrected chi connectivity index (χ0v) is 17.3. The minimum absolute atomic E-state index is 0.0725. The van der Waals surface area contributed by atoms with E-state index in [-0.39, 0.29) is 5.56 Å². The van der Waals surface area contributed by atoms with Gasteiger partial charge in [0.2, 0.25) is 0 Å². The number of hydrogen-bond donors (Lipinski definition) is 0. The van der Waals surface area contributed by atoms with Gasteiger partial charge in [0, 0.05) is 75.7 Å². The van der Waals surface area contributed by atoms with Crippen molar-refractivity contribution in [3.63, 3.8) is 0 Å². The molecule has 0 amide bonds. The molecule has 2 fully saturated rings. The topological polar surface area (TPSA) is 57.5 Å². The van der Waals surface area contributed by atoms with Crippen molar-refractivity contribution in [2.45, 2.75) is 19.4 Å². The second kappa shape index (κ2) is 8.44. The Morgan fingerprint density at radius 3 is 2.47 bits per heavy atom. The zero-order chi connectivity index (χ0) is 20.3. The fraction of sp³-hybridized carbons (Fsp3) is 0.435. The molecule has 2 aliphatic heterocycles. The van der Waals surface area contributed by atoms with Crippen LogP contribution in [0.1, 0.15) is 12.8 Å². The van der Waals surface area contributed by atoms with Gasteiger partial charge in [-0.25, -0.2) is 9.97 Å². The average molecular weight is 405 g/mol. The van der Waals surface area contributed by atoms with Gasteiger partial charge in [-0.3, -0.25) is 9.69 Å². The highest BCUT2D eigenvalue weighted by atomic mass is 16.1. The molecular weight excluding hydrogens is 376 g/mol. The molecule has 0 unspecified atom stereocenters. The van der Waals surface area contributed by atoms with E-state index >= 15 is 0 Å². The fourth-order valence-corrected chi connectivity index (χ4v) is 4.53. The first kappa shape index (κ1) is 19.1. The lowest BCUT2D eigenvalue weighted by Crippen LogP contribution is -2.47. The third-order valence-corrected chi connectivity index (χ3v) is 6.30. The van der Waals surface area contributed by atoms with Crippen LogP contribution in [0.2, 0.25) is 0 Å². The highest BCUT2D eigenvalue weighted by Gasteiger charge is 2.20. The molecule has 7 nitrogen and oxygen atoms in total. The molecule has 30 heavy (non-hydrogen) atoms. The van der Waals surface area contributed by atoms with Crippen molar-refractivity contribution in [3.8, 4) is 0 Å². The van der Waals surface area contributed by atoms with E-state index in [1.165, 1.54) is 18.5 Å². The number of anilines is 2. The summed E-state index contributed by atoms with van der Waals surface area (Å²) in [5, 5.41) is 1.16. The van der Waals surface area contributed by atoms with E-state index in [1.807, 2.05) is 12.3 Å². The Morgan fingerprint density at radius 1 is 0.833 bits per heavy atom. The summed E-state index contributed by atoms with van der Waals surface area (Å²) in [7, 11) is 0. The van der Waals surface area contributed by atoms with Gasteiger partial charge in [0.1, 0.15) is 12.1 Å². The molecule has 2 aliphatic rings. The SMILES string of the molecule is O=c1ccccn1CCN1CCN(c2ccc3ncnc(N4CCCC4)c3c2)CC1. The third kappa shape index (κ3) is 3.89. The van der Waals surface area contributed by atoms with Crippen LogP contribution < -0.4 is 15.4 Å². The summed E-state index contributed by atoms with van der Waals surface area (Å²) >= 11 is 0. The quantitative estimate of drug-likeness (QED) is 0.650. The molecule has 4 heterocycles. The lowest BCUT2D eigenvalue weighted by atomic mass is 10.1. The maximum absolute atomic E-state index is 11.9. The number of fused-ring (bicyclic) bond motifs is 1. The van der Waals surface area contributed by atoms with Gasteiger partial charge < -0.3 is 14.4 Å². The lowest BCUT2D eigenvalue weighted by Gasteiger charge is -2.36. The summed E-state index contributed by atoms with van der Waals surface area (Å²) < 4.78 is 1.79. The van der Waals surface area contributed by atoms with Crippen molar-refractivity contribution >= 4 is 22.4 Å². The molecule has 156 valence electrons. The van der Waals surface area contributed by atoms with E-state index in [1.54, 1.807) is 23.0 Å². The largest absolute Gasteiger partial charge is 0.369 e. The van der Waals surface area contributed by atoms with E-state index in [2.05, 4.69) is 42.9 Å². The second-order valence-electron chi connectivity index (χ2n) is 8.15. The molecule has 2 aromatic heterocycles. The second-order valence-corrected chi connectivity index (χ2v) is 8.15. The predicted molar refractivity (Wildman–Crippen MR) is 120 cm³/mol. The maximum Gasteiger partial charge on any atom is 0.250 e. The molecule has 5 rings (SSSR count). The minimum atomic E-state index is 0.0725. The van der Waals surface area contributed by atoms with Gasteiger partial charge in [0.25, 0.3) is 5.56 Å². The van der Waals surface area contributed by atoms with Crippen LogP contribution in [0.15, 0.2) is 53.7 Å². The summed E-state index contributed by atoms with van der Waals surface area (Å²) in [6, 6.07) is 11.9. The third-order valence-electron chi connectivity index (χ3n) is 6.30. The van der Waals surface area contributed by atoms with Gasteiger partial charge in [-0.2, -0.15) is 0 Å². The van der Waals surface area contributed by atoms with Crippen molar-refractivity contribution in [2.24, 2.45) is 0 Å². The number of nitrogens with zero attached hydrogens (tertiary/aromatic N) is 6. The molecule has 1 aromatic carbocycles. The van der Waals surface area contributed by atoms with Gasteiger partial charge in [0.15, 0.2) is 0 Å². The van der Waals surface area contributed by atoms with Crippen molar-refractivity contribution in [2.75, 3.05) is 55.6 Å². The van der Waals surface area contributed by atoms with Crippen LogP contribution in [0.4, 0.5) is 11.5 Å². The number of rotatable bonds is 5. The van der Waals surface area contributed by atoms with Crippen molar-refractivity contribution < 1.29 is 0 Å². The van der Waals surface area contributed by atoms with Crippen molar-refractivity contribution in [3.05, 3.63) is 59.3 Å². The van der Waals surface area contributed by atoms with E-state index in [9.17, 15) is 4.79 Å². The summed E-state index contributed by atoms with van der Waals surface area (Å²) in [6.07, 6.45) is 6.03. The monoisotopic (exact) mass is 404 g/mol. The van der Waals surface area contributed by atoms with E-state index in [0.717, 1.165) is 69.1 Å². The Bertz CT molecular complexity index is 1070. The van der Waals surface area contributed by atoms with Crippen LogP contribution in [-0.2, 0) is 6.54 Å². The summed E-state index contributed by atoms with van der Waals surface area (Å²) in [5.41, 5.74) is 2.34. The normalized spacial score (nSPS) is 17.7. The van der Waals surface area contributed by atoms with Crippen LogP contribution in [0.25, 0.3) is 10.9 Å². The summed E-state index contributed by atoms with van der Waals surface area (Å²) in [5.74, 6) is 1.08. The molecule has 0 radical (unpaired) electrons. The predicted octanol–water partition coefficient (Wildman–Crippen LogP) is 2.21. The fourth-order valence-electron chi connectivity index (χ4n) is 4.53. The number of hydrogen-bond acceptors (Lipinski definition) is 6. The Kier molecular flexibility index (Phi) is 5.36. The summed E-state index contributed by atoms with van der Waals surface area (Å²) in [4.78, 5) is 28.2. The molecule has 2 saturated heterocycles. The molecule has 0 atom stereocenters. The molecule has 0 bridgehead atoms. The Balaban J connectivity index is 1.26. The first-order chi connectivity index (χ1) is 14.8. The first-order valence-corrected chi connectivity index (χ1v) is 10.9. The Labute approximate surface area is 176 Å². The maximum atomic E-state index is 11.9. The van der Waals surface area contributed by atoms with Crippen molar-refractivity contribution in [1.29, 1.82) is 0 Å². The van der Waals surface area contributed by atoms with Gasteiger partial charge in [-0.05, 0) is 37.1 Å². The Morgan fingerprint density at radius 2 is 1.67 bits per heavy atom. The van der Waals surface area contributed by atoms with Gasteiger partial charge >= 0.3 is 0 Å².